The van der Waals surface area contributed by atoms with E-state index in [9.17, 15) is 45.6 Å². The fraction of sp³-hybridized carbons (Fsp3) is 0.485. The molecule has 4 amide bonds. The van der Waals surface area contributed by atoms with Crippen molar-refractivity contribution in [2.75, 3.05) is 110 Å². The molecule has 6 atom stereocenters. The average Bonchev–Trinajstić information content (AvgIpc) is 1.58. The number of fused-ring (bicyclic) bond motifs is 1. The van der Waals surface area contributed by atoms with Crippen LogP contribution in [0.15, 0.2) is 113 Å². The van der Waals surface area contributed by atoms with E-state index in [-0.39, 0.29) is 111 Å². The Bertz CT molecular complexity index is 3870. The number of methoxy groups -OCH3 is 3. The summed E-state index contributed by atoms with van der Waals surface area (Å²) in [5.41, 5.74) is 4.37. The quantitative estimate of drug-likeness (QED) is 0.0106. The van der Waals surface area contributed by atoms with Gasteiger partial charge in [-0.25, -0.2) is 41.0 Å². The number of rotatable bonds is 36. The second-order valence-corrected chi connectivity index (χ2v) is 28.4. The molecule has 534 valence electrons. The predicted molar refractivity (Wildman–Crippen MR) is 365 cm³/mol. The van der Waals surface area contributed by atoms with Gasteiger partial charge in [0.2, 0.25) is 5.91 Å². The lowest BCUT2D eigenvalue weighted by Crippen LogP contribution is -2.56. The number of para-hydroxylation sites is 2. The lowest BCUT2D eigenvalue weighted by molar-refractivity contribution is -0.142. The first-order valence-electron chi connectivity index (χ1n) is 31.6. The third-order valence-electron chi connectivity index (χ3n) is 15.5. The minimum Gasteiger partial charge on any atom is -0.497 e. The number of hydrogen-bond acceptors (Lipinski definition) is 26. The minimum absolute atomic E-state index is 0.000525. The summed E-state index contributed by atoms with van der Waals surface area (Å²) in [5.74, 6) is -2.98. The highest BCUT2D eigenvalue weighted by Gasteiger charge is 2.62. The summed E-state index contributed by atoms with van der Waals surface area (Å²) in [6.45, 7) is 19.1. The maximum atomic E-state index is 14.5. The Balaban J connectivity index is 0.000000364. The van der Waals surface area contributed by atoms with Crippen LogP contribution in [0.5, 0.6) is 11.5 Å². The molecule has 8 N–H and O–H groups in total. The molecule has 0 spiro atoms. The molecular weight excluding hydrogens is 1330 g/mol. The van der Waals surface area contributed by atoms with Gasteiger partial charge in [0.05, 0.1) is 116 Å². The molecule has 5 aromatic rings. The molecule has 3 aromatic carbocycles. The molecule has 29 nitrogen and oxygen atoms in total. The van der Waals surface area contributed by atoms with Crippen molar-refractivity contribution in [3.05, 3.63) is 103 Å². The highest BCUT2D eigenvalue weighted by molar-refractivity contribution is 7.90. The van der Waals surface area contributed by atoms with Gasteiger partial charge < -0.3 is 69.6 Å². The Labute approximate surface area is 574 Å². The molecule has 1 saturated heterocycles. The number of aromatic nitrogens is 2. The summed E-state index contributed by atoms with van der Waals surface area (Å²) in [6.07, 6.45) is 2.24. The number of carbonyl (C=O) groups excluding carboxylic acids is 6. The number of nitrogens with zero attached hydrogens (tertiary/aromatic N) is 3. The molecule has 3 fully saturated rings. The second kappa shape index (κ2) is 34.8. The predicted octanol–water partition coefficient (Wildman–Crippen LogP) is 5.92. The van der Waals surface area contributed by atoms with E-state index in [0.29, 0.717) is 72.3 Å². The number of pyridine rings is 1. The summed E-state index contributed by atoms with van der Waals surface area (Å²) in [4.78, 5) is 87.4. The zero-order chi connectivity index (χ0) is 71.4. The fourth-order valence-corrected chi connectivity index (χ4v) is 13.5. The minimum atomic E-state index is -4.50. The van der Waals surface area contributed by atoms with Crippen molar-refractivity contribution >= 4 is 94.5 Å². The van der Waals surface area contributed by atoms with E-state index in [1.165, 1.54) is 54.7 Å². The number of benzene rings is 3. The van der Waals surface area contributed by atoms with E-state index in [0.717, 1.165) is 5.13 Å². The van der Waals surface area contributed by atoms with Crippen molar-refractivity contribution in [3.8, 4) is 22.9 Å². The van der Waals surface area contributed by atoms with Crippen LogP contribution in [0.1, 0.15) is 66.7 Å². The smallest absolute Gasteiger partial charge is 0.411 e. The summed E-state index contributed by atoms with van der Waals surface area (Å²) in [5, 5.41) is 15.4. The van der Waals surface area contributed by atoms with Crippen molar-refractivity contribution < 1.29 is 88.2 Å². The molecule has 3 heterocycles. The van der Waals surface area contributed by atoms with Gasteiger partial charge in [0, 0.05) is 60.3 Å². The Kier molecular flexibility index (Phi) is 27.3. The van der Waals surface area contributed by atoms with Gasteiger partial charge in [-0.3, -0.25) is 28.9 Å². The average molecular weight is 1420 g/mol. The van der Waals surface area contributed by atoms with E-state index in [1.807, 2.05) is 25.3 Å². The Hall–Kier alpha value is -8.50. The van der Waals surface area contributed by atoms with Crippen LogP contribution in [0.25, 0.3) is 22.3 Å². The molecular formula is C66H88N10O19S3. The van der Waals surface area contributed by atoms with Crippen LogP contribution in [0.3, 0.4) is 0 Å². The van der Waals surface area contributed by atoms with Gasteiger partial charge in [0.1, 0.15) is 55.8 Å². The van der Waals surface area contributed by atoms with Crippen LogP contribution >= 0.6 is 11.3 Å². The van der Waals surface area contributed by atoms with Crippen LogP contribution in [-0.2, 0) is 77.2 Å². The number of carbonyl (C=O) groups is 6. The standard InChI is InChI=1S/C46H59N7O12S2.C20H29N3O7S/c1-9-29-25-46(29,42(56)52-67(58,59)39-13-11-10-12-33(39)47-17-19-63-21-20-62-18-16-40(54)61-8)51-41(55)37-23-31(26-53(37)44(57)65-45(4,5)6)64-38-24-35(36-27-66-43(50-36)48-28(2)3)49-34-22-30(60-7)14-15-32(34)38;1-3-15-14-20(15,21)19(25)23-31(26,27)17-7-5-4-6-16(17)22-9-11-30-13-12-29-10-8-18(24)28-2/h9-15,22,24,27-29,31,37,47H,1,16-21,23,25-26H2,2-8H3,(H,48,50)(H,51,55)(H,52,56);3-7,15,22H,1,8-14,21H2,2H3,(H,23,25)/t29-,31-,37+,46-;15-,20-/m11/s1. The second-order valence-electron chi connectivity index (χ2n) is 24.3. The van der Waals surface area contributed by atoms with E-state index in [4.69, 9.17) is 48.9 Å². The van der Waals surface area contributed by atoms with Gasteiger partial charge in [-0.2, -0.15) is 0 Å². The molecule has 32 heteroatoms. The molecule has 2 aliphatic carbocycles. The first kappa shape index (κ1) is 76.9. The SMILES string of the molecule is C=C[C@@H]1C[C@]1(N)C(=O)NS(=O)(=O)c1ccccc1NCCOCCOCCC(=O)OC.C=C[C@@H]1C[C@]1(NC(=O)[C@@H]1C[C@@H](Oc2cc(-c3csc(NC(C)C)n3)nc3cc(OC)ccc23)CN1C(=O)OC(C)(C)C)C(=O)NS(=O)(=O)c1ccccc1NCCOCCOCCC(=O)OC. The molecule has 8 rings (SSSR count). The van der Waals surface area contributed by atoms with Gasteiger partial charge in [-0.1, -0.05) is 36.4 Å². The lowest BCUT2D eigenvalue weighted by atomic mass is 10.1. The largest absolute Gasteiger partial charge is 0.497 e. The van der Waals surface area contributed by atoms with Crippen molar-refractivity contribution in [2.45, 2.75) is 111 Å². The third-order valence-corrected chi connectivity index (χ3v) is 19.0. The number of ether oxygens (including phenoxy) is 9. The fourth-order valence-electron chi connectivity index (χ4n) is 10.2. The number of anilines is 3. The summed E-state index contributed by atoms with van der Waals surface area (Å²) in [6, 6.07) is 18.4. The Morgan fingerprint density at radius 3 is 1.78 bits per heavy atom. The van der Waals surface area contributed by atoms with Crippen LogP contribution in [-0.4, -0.2) is 196 Å². The van der Waals surface area contributed by atoms with Gasteiger partial charge in [-0.05, 0) is 83.9 Å². The summed E-state index contributed by atoms with van der Waals surface area (Å²) >= 11 is 1.44. The van der Waals surface area contributed by atoms with Crippen molar-refractivity contribution in [2.24, 2.45) is 17.6 Å². The van der Waals surface area contributed by atoms with E-state index in [1.54, 1.807) is 82.5 Å². The van der Waals surface area contributed by atoms with Gasteiger partial charge in [-0.15, -0.1) is 24.5 Å². The maximum absolute atomic E-state index is 14.5. The van der Waals surface area contributed by atoms with Crippen molar-refractivity contribution in [1.29, 1.82) is 0 Å². The first-order chi connectivity index (χ1) is 46.6. The topological polar surface area (TPSA) is 381 Å². The maximum Gasteiger partial charge on any atom is 0.411 e. The molecule has 1 aliphatic heterocycles. The van der Waals surface area contributed by atoms with Crippen LogP contribution in [0.4, 0.5) is 21.3 Å². The number of amides is 4. The molecule has 0 bridgehead atoms. The monoisotopic (exact) mass is 1420 g/mol. The highest BCUT2D eigenvalue weighted by atomic mass is 32.2. The molecule has 2 aromatic heterocycles. The van der Waals surface area contributed by atoms with Crippen molar-refractivity contribution in [3.63, 3.8) is 0 Å². The molecule has 2 saturated carbocycles. The normalized spacial score (nSPS) is 19.4. The van der Waals surface area contributed by atoms with Crippen LogP contribution in [0.2, 0.25) is 0 Å². The summed E-state index contributed by atoms with van der Waals surface area (Å²) in [7, 11) is -4.43. The number of likely N-dealkylation sites (tertiary alicyclic amines) is 1. The molecule has 3 aliphatic rings. The zero-order valence-corrected chi connectivity index (χ0v) is 58.6. The van der Waals surface area contributed by atoms with E-state index >= 15 is 0 Å². The molecule has 0 radical (unpaired) electrons. The number of sulfonamides is 2. The molecule has 0 unspecified atom stereocenters. The number of esters is 2. The Morgan fingerprint density at radius 1 is 0.714 bits per heavy atom. The van der Waals surface area contributed by atoms with Crippen LogP contribution < -0.4 is 45.9 Å². The van der Waals surface area contributed by atoms with Crippen molar-refractivity contribution in [1.82, 2.24) is 29.6 Å². The van der Waals surface area contributed by atoms with Crippen LogP contribution in [0, 0.1) is 11.8 Å². The number of hydrogen-bond donors (Lipinski definition) is 7. The van der Waals surface area contributed by atoms with Gasteiger partial charge in [0.25, 0.3) is 31.9 Å². The van der Waals surface area contributed by atoms with Gasteiger partial charge >= 0.3 is 18.0 Å². The third kappa shape index (κ3) is 21.3. The van der Waals surface area contributed by atoms with E-state index < -0.39 is 78.6 Å². The zero-order valence-electron chi connectivity index (χ0n) is 56.2. The van der Waals surface area contributed by atoms with E-state index in [2.05, 4.69) is 53.3 Å². The van der Waals surface area contributed by atoms with Gasteiger partial charge in [0.15, 0.2) is 5.13 Å². The number of thiazole rings is 1. The Morgan fingerprint density at radius 2 is 1.27 bits per heavy atom. The first-order valence-corrected chi connectivity index (χ1v) is 35.4. The highest BCUT2D eigenvalue weighted by Crippen LogP contribution is 2.46. The number of nitrogens with one attached hydrogen (secondary N) is 6. The molecule has 98 heavy (non-hydrogen) atoms. The summed E-state index contributed by atoms with van der Waals surface area (Å²) < 4.78 is 106. The lowest BCUT2D eigenvalue weighted by Gasteiger charge is -2.29. The number of nitrogens with two attached hydrogens (primary N) is 1.